The monoisotopic (exact) mass is 284 g/mol. The third-order valence-corrected chi connectivity index (χ3v) is 3.88. The predicted molar refractivity (Wildman–Crippen MR) is 84.6 cm³/mol. The largest absolute Gasteiger partial charge is 0.310 e. The average molecular weight is 284 g/mol. The van der Waals surface area contributed by atoms with Crippen molar-refractivity contribution >= 4 is 0 Å². The van der Waals surface area contributed by atoms with Crippen LogP contribution in [0.2, 0.25) is 0 Å². The highest BCUT2D eigenvalue weighted by Gasteiger charge is 2.20. The maximum absolute atomic E-state index is 4.81. The van der Waals surface area contributed by atoms with Crippen LogP contribution in [0, 0.1) is 0 Å². The van der Waals surface area contributed by atoms with Crippen molar-refractivity contribution in [1.29, 1.82) is 0 Å². The Kier molecular flexibility index (Phi) is 4.34. The van der Waals surface area contributed by atoms with Crippen LogP contribution in [0.15, 0.2) is 24.5 Å². The van der Waals surface area contributed by atoms with Gasteiger partial charge in [0, 0.05) is 37.1 Å². The molecular formula is C17H24N4. The minimum absolute atomic E-state index is 0.732. The van der Waals surface area contributed by atoms with Crippen molar-refractivity contribution < 1.29 is 0 Å². The summed E-state index contributed by atoms with van der Waals surface area (Å²) in [5, 5.41) is 3.59. The van der Waals surface area contributed by atoms with Crippen molar-refractivity contribution in [1.82, 2.24) is 19.9 Å². The molecule has 0 aliphatic heterocycles. The molecule has 1 fully saturated rings. The molecule has 0 spiro atoms. The molecule has 0 aromatic carbocycles. The fraction of sp³-hybridized carbons (Fsp3) is 0.529. The van der Waals surface area contributed by atoms with Gasteiger partial charge in [0.15, 0.2) is 0 Å². The first-order chi connectivity index (χ1) is 10.3. The molecule has 0 atom stereocenters. The van der Waals surface area contributed by atoms with Crippen LogP contribution in [0.3, 0.4) is 0 Å². The van der Waals surface area contributed by atoms with E-state index in [9.17, 15) is 0 Å². The van der Waals surface area contributed by atoms with E-state index in [-0.39, 0.29) is 0 Å². The van der Waals surface area contributed by atoms with Gasteiger partial charge in [-0.1, -0.05) is 20.3 Å². The number of rotatable bonds is 7. The normalized spacial score (nSPS) is 14.6. The Hall–Kier alpha value is -1.68. The van der Waals surface area contributed by atoms with E-state index < -0.39 is 0 Å². The van der Waals surface area contributed by atoms with E-state index in [2.05, 4.69) is 40.8 Å². The lowest BCUT2D eigenvalue weighted by Gasteiger charge is -2.11. The molecule has 2 aromatic rings. The SMILES string of the molecule is CCCc1cc(CNC2CC2)cc(-n2ccnc2CC)n1. The van der Waals surface area contributed by atoms with Crippen LogP contribution in [-0.4, -0.2) is 20.6 Å². The number of aromatic nitrogens is 3. The van der Waals surface area contributed by atoms with Crippen LogP contribution in [0.4, 0.5) is 0 Å². The van der Waals surface area contributed by atoms with Crippen molar-refractivity contribution in [2.75, 3.05) is 0 Å². The Morgan fingerprint density at radius 3 is 2.86 bits per heavy atom. The first-order valence-electron chi connectivity index (χ1n) is 8.06. The zero-order valence-corrected chi connectivity index (χ0v) is 13.0. The van der Waals surface area contributed by atoms with E-state index in [1.54, 1.807) is 0 Å². The summed E-state index contributed by atoms with van der Waals surface area (Å²) in [6, 6.07) is 5.16. The third-order valence-electron chi connectivity index (χ3n) is 3.88. The molecule has 0 saturated heterocycles. The minimum atomic E-state index is 0.732. The molecule has 2 aromatic heterocycles. The predicted octanol–water partition coefficient (Wildman–Crippen LogP) is 3.03. The molecule has 3 rings (SSSR count). The maximum Gasteiger partial charge on any atom is 0.138 e. The van der Waals surface area contributed by atoms with Gasteiger partial charge in [-0.05, 0) is 37.0 Å². The van der Waals surface area contributed by atoms with Gasteiger partial charge in [-0.25, -0.2) is 9.97 Å². The molecule has 1 N–H and O–H groups in total. The molecule has 0 radical (unpaired) electrons. The molecule has 0 unspecified atom stereocenters. The van der Waals surface area contributed by atoms with Gasteiger partial charge in [0.1, 0.15) is 11.6 Å². The van der Waals surface area contributed by atoms with Crippen LogP contribution >= 0.6 is 0 Å². The number of pyridine rings is 1. The van der Waals surface area contributed by atoms with Gasteiger partial charge >= 0.3 is 0 Å². The zero-order valence-electron chi connectivity index (χ0n) is 13.0. The lowest BCUT2D eigenvalue weighted by Crippen LogP contribution is -2.16. The van der Waals surface area contributed by atoms with Gasteiger partial charge in [-0.3, -0.25) is 4.57 Å². The Morgan fingerprint density at radius 1 is 1.29 bits per heavy atom. The van der Waals surface area contributed by atoms with Gasteiger partial charge in [0.25, 0.3) is 0 Å². The van der Waals surface area contributed by atoms with E-state index in [0.29, 0.717) is 0 Å². The Labute approximate surface area is 126 Å². The number of imidazole rings is 1. The third kappa shape index (κ3) is 3.50. The second-order valence-corrected chi connectivity index (χ2v) is 5.80. The van der Waals surface area contributed by atoms with Gasteiger partial charge < -0.3 is 5.32 Å². The van der Waals surface area contributed by atoms with Crippen molar-refractivity contribution in [3.63, 3.8) is 0 Å². The van der Waals surface area contributed by atoms with E-state index in [0.717, 1.165) is 43.5 Å². The number of nitrogens with zero attached hydrogens (tertiary/aromatic N) is 3. The number of aryl methyl sites for hydroxylation is 2. The highest BCUT2D eigenvalue weighted by Crippen LogP contribution is 2.20. The summed E-state index contributed by atoms with van der Waals surface area (Å²) in [7, 11) is 0. The van der Waals surface area contributed by atoms with Crippen LogP contribution < -0.4 is 5.32 Å². The summed E-state index contributed by atoms with van der Waals surface area (Å²) in [6.45, 7) is 5.27. The second kappa shape index (κ2) is 6.39. The molecule has 1 aliphatic rings. The first-order valence-corrected chi connectivity index (χ1v) is 8.06. The second-order valence-electron chi connectivity index (χ2n) is 5.80. The molecule has 2 heterocycles. The number of nitrogens with one attached hydrogen (secondary N) is 1. The topological polar surface area (TPSA) is 42.7 Å². The highest BCUT2D eigenvalue weighted by molar-refractivity contribution is 5.32. The number of hydrogen-bond acceptors (Lipinski definition) is 3. The van der Waals surface area contributed by atoms with Crippen molar-refractivity contribution in [3.8, 4) is 5.82 Å². The lowest BCUT2D eigenvalue weighted by atomic mass is 10.1. The Balaban J connectivity index is 1.89. The van der Waals surface area contributed by atoms with Crippen LogP contribution in [0.1, 0.15) is 50.2 Å². The van der Waals surface area contributed by atoms with Gasteiger partial charge in [-0.2, -0.15) is 0 Å². The minimum Gasteiger partial charge on any atom is -0.310 e. The summed E-state index contributed by atoms with van der Waals surface area (Å²) in [5.41, 5.74) is 2.50. The quantitative estimate of drug-likeness (QED) is 0.850. The Morgan fingerprint density at radius 2 is 2.14 bits per heavy atom. The number of hydrogen-bond donors (Lipinski definition) is 1. The Bertz CT molecular complexity index is 599. The van der Waals surface area contributed by atoms with E-state index in [1.165, 1.54) is 24.1 Å². The van der Waals surface area contributed by atoms with Crippen LogP contribution in [0.25, 0.3) is 5.82 Å². The maximum atomic E-state index is 4.81. The highest BCUT2D eigenvalue weighted by atomic mass is 15.1. The van der Waals surface area contributed by atoms with Crippen molar-refractivity contribution in [2.24, 2.45) is 0 Å². The summed E-state index contributed by atoms with van der Waals surface area (Å²) in [4.78, 5) is 9.22. The molecule has 21 heavy (non-hydrogen) atoms. The van der Waals surface area contributed by atoms with Gasteiger partial charge in [0.2, 0.25) is 0 Å². The summed E-state index contributed by atoms with van der Waals surface area (Å²) in [5.74, 6) is 2.07. The van der Waals surface area contributed by atoms with Crippen LogP contribution in [-0.2, 0) is 19.4 Å². The van der Waals surface area contributed by atoms with Crippen LogP contribution in [0.5, 0.6) is 0 Å². The molecular weight excluding hydrogens is 260 g/mol. The zero-order chi connectivity index (χ0) is 14.7. The molecule has 4 heteroatoms. The van der Waals surface area contributed by atoms with Gasteiger partial charge in [-0.15, -0.1) is 0 Å². The molecule has 112 valence electrons. The van der Waals surface area contributed by atoms with E-state index in [1.807, 2.05) is 12.4 Å². The fourth-order valence-corrected chi connectivity index (χ4v) is 2.60. The summed E-state index contributed by atoms with van der Waals surface area (Å²) in [6.07, 6.45) is 9.58. The molecule has 0 amide bonds. The summed E-state index contributed by atoms with van der Waals surface area (Å²) < 4.78 is 2.11. The smallest absolute Gasteiger partial charge is 0.138 e. The van der Waals surface area contributed by atoms with E-state index in [4.69, 9.17) is 4.98 Å². The van der Waals surface area contributed by atoms with Crippen molar-refractivity contribution in [2.45, 2.75) is 58.5 Å². The summed E-state index contributed by atoms with van der Waals surface area (Å²) >= 11 is 0. The molecule has 4 nitrogen and oxygen atoms in total. The molecule has 1 saturated carbocycles. The van der Waals surface area contributed by atoms with Crippen molar-refractivity contribution in [3.05, 3.63) is 41.6 Å². The molecule has 0 bridgehead atoms. The van der Waals surface area contributed by atoms with Gasteiger partial charge in [0.05, 0.1) is 0 Å². The fourth-order valence-electron chi connectivity index (χ4n) is 2.60. The molecule has 1 aliphatic carbocycles. The standard InChI is InChI=1S/C17H24N4/c1-3-5-15-10-13(12-19-14-6-7-14)11-17(20-15)21-9-8-18-16(21)4-2/h8-11,14,19H,3-7,12H2,1-2H3. The average Bonchev–Trinajstić information content (AvgIpc) is 3.20. The van der Waals surface area contributed by atoms with E-state index >= 15 is 0 Å². The lowest BCUT2D eigenvalue weighted by molar-refractivity contribution is 0.684. The first kappa shape index (κ1) is 14.3.